The first-order chi connectivity index (χ1) is 12.3. The molecule has 25 heavy (non-hydrogen) atoms. The number of pyridine rings is 1. The van der Waals surface area contributed by atoms with Crippen molar-refractivity contribution >= 4 is 23.4 Å². The Morgan fingerprint density at radius 1 is 1.04 bits per heavy atom. The van der Waals surface area contributed by atoms with Gasteiger partial charge in [0.25, 0.3) is 0 Å². The maximum absolute atomic E-state index is 11.7. The first-order valence-corrected chi connectivity index (χ1v) is 7.63. The SMILES string of the molecule is O=C(Cn1cncn1)NCCNc1cc(Nc2ccccn2)ncn1. The number of carbonyl (C=O) groups is 1. The van der Waals surface area contributed by atoms with Crippen LogP contribution in [0.4, 0.5) is 17.5 Å². The van der Waals surface area contributed by atoms with E-state index in [0.717, 1.165) is 0 Å². The zero-order chi connectivity index (χ0) is 17.3. The molecule has 0 spiro atoms. The minimum absolute atomic E-state index is 0.132. The molecule has 0 bridgehead atoms. The van der Waals surface area contributed by atoms with Crippen LogP contribution < -0.4 is 16.0 Å². The van der Waals surface area contributed by atoms with Gasteiger partial charge in [0.2, 0.25) is 5.91 Å². The molecule has 3 aromatic heterocycles. The van der Waals surface area contributed by atoms with Crippen molar-refractivity contribution in [2.45, 2.75) is 6.54 Å². The molecule has 3 N–H and O–H groups in total. The lowest BCUT2D eigenvalue weighted by molar-refractivity contribution is -0.121. The van der Waals surface area contributed by atoms with Crippen molar-refractivity contribution in [1.82, 2.24) is 35.0 Å². The summed E-state index contributed by atoms with van der Waals surface area (Å²) < 4.78 is 1.46. The molecule has 0 aliphatic rings. The van der Waals surface area contributed by atoms with E-state index in [4.69, 9.17) is 0 Å². The lowest BCUT2D eigenvalue weighted by atomic mass is 10.4. The van der Waals surface area contributed by atoms with E-state index in [1.807, 2.05) is 18.2 Å². The van der Waals surface area contributed by atoms with Crippen LogP contribution >= 0.6 is 0 Å². The lowest BCUT2D eigenvalue weighted by Crippen LogP contribution is -2.31. The summed E-state index contributed by atoms with van der Waals surface area (Å²) >= 11 is 0. The lowest BCUT2D eigenvalue weighted by Gasteiger charge is -2.09. The van der Waals surface area contributed by atoms with Crippen molar-refractivity contribution in [2.75, 3.05) is 23.7 Å². The van der Waals surface area contributed by atoms with Crippen LogP contribution in [0.25, 0.3) is 0 Å². The van der Waals surface area contributed by atoms with Gasteiger partial charge in [-0.1, -0.05) is 6.07 Å². The van der Waals surface area contributed by atoms with Gasteiger partial charge in [0.1, 0.15) is 43.0 Å². The first-order valence-electron chi connectivity index (χ1n) is 7.63. The van der Waals surface area contributed by atoms with Crippen LogP contribution in [-0.2, 0) is 11.3 Å². The molecular weight excluding hydrogens is 322 g/mol. The third-order valence-electron chi connectivity index (χ3n) is 3.11. The summed E-state index contributed by atoms with van der Waals surface area (Å²) in [6, 6.07) is 7.35. The smallest absolute Gasteiger partial charge is 0.241 e. The van der Waals surface area contributed by atoms with E-state index >= 15 is 0 Å². The van der Waals surface area contributed by atoms with Gasteiger partial charge in [0.05, 0.1) is 0 Å². The zero-order valence-electron chi connectivity index (χ0n) is 13.3. The highest BCUT2D eigenvalue weighted by molar-refractivity contribution is 5.75. The van der Waals surface area contributed by atoms with Gasteiger partial charge in [-0.2, -0.15) is 5.10 Å². The maximum Gasteiger partial charge on any atom is 0.241 e. The number of carbonyl (C=O) groups excluding carboxylic acids is 1. The molecule has 0 aliphatic heterocycles. The van der Waals surface area contributed by atoms with Gasteiger partial charge in [0.15, 0.2) is 0 Å². The normalized spacial score (nSPS) is 10.2. The summed E-state index contributed by atoms with van der Waals surface area (Å²) in [5.41, 5.74) is 0. The van der Waals surface area contributed by atoms with Crippen LogP contribution in [-0.4, -0.2) is 48.7 Å². The second kappa shape index (κ2) is 8.34. The Labute approximate surface area is 143 Å². The highest BCUT2D eigenvalue weighted by atomic mass is 16.2. The molecule has 3 aromatic rings. The zero-order valence-corrected chi connectivity index (χ0v) is 13.3. The molecule has 0 saturated carbocycles. The van der Waals surface area contributed by atoms with Crippen molar-refractivity contribution in [3.8, 4) is 0 Å². The van der Waals surface area contributed by atoms with Crippen LogP contribution in [0.1, 0.15) is 0 Å². The fourth-order valence-corrected chi connectivity index (χ4v) is 2.00. The molecule has 0 fully saturated rings. The minimum atomic E-state index is -0.132. The predicted octanol–water partition coefficient (Wildman–Crippen LogP) is 0.435. The molecule has 3 rings (SSSR count). The third kappa shape index (κ3) is 5.23. The van der Waals surface area contributed by atoms with Crippen LogP contribution in [0.15, 0.2) is 49.4 Å². The molecule has 0 aromatic carbocycles. The summed E-state index contributed by atoms with van der Waals surface area (Å²) in [7, 11) is 0. The standard InChI is InChI=1S/C15H17N9O/c25-15(8-24-11-16-9-22-24)19-6-5-18-13-7-14(21-10-20-13)23-12-3-1-2-4-17-12/h1-4,7,9-11H,5-6,8H2,(H,19,25)(H2,17,18,20,21,23). The monoisotopic (exact) mass is 339 g/mol. The summed E-state index contributed by atoms with van der Waals surface area (Å²) in [6.07, 6.45) is 6.04. The number of anilines is 3. The third-order valence-corrected chi connectivity index (χ3v) is 3.11. The number of nitrogens with one attached hydrogen (secondary N) is 3. The summed E-state index contributed by atoms with van der Waals surface area (Å²) in [6.45, 7) is 1.13. The van der Waals surface area contributed by atoms with Gasteiger partial charge in [-0.15, -0.1) is 0 Å². The molecule has 1 amide bonds. The number of hydrogen-bond acceptors (Lipinski definition) is 8. The number of aromatic nitrogens is 6. The first kappa shape index (κ1) is 16.3. The molecule has 10 heteroatoms. The molecule has 0 aliphatic carbocycles. The summed E-state index contributed by atoms with van der Waals surface area (Å²) in [5, 5.41) is 12.9. The number of rotatable bonds is 8. The van der Waals surface area contributed by atoms with Crippen LogP contribution in [0.2, 0.25) is 0 Å². The average molecular weight is 339 g/mol. The van der Waals surface area contributed by atoms with E-state index in [2.05, 4.69) is 41.0 Å². The van der Waals surface area contributed by atoms with Crippen molar-refractivity contribution < 1.29 is 4.79 Å². The highest BCUT2D eigenvalue weighted by Gasteiger charge is 2.03. The van der Waals surface area contributed by atoms with Crippen molar-refractivity contribution in [3.63, 3.8) is 0 Å². The molecule has 10 nitrogen and oxygen atoms in total. The summed E-state index contributed by atoms with van der Waals surface area (Å²) in [4.78, 5) is 28.0. The fourth-order valence-electron chi connectivity index (χ4n) is 2.00. The van der Waals surface area contributed by atoms with E-state index in [9.17, 15) is 4.79 Å². The molecule has 0 unspecified atom stereocenters. The van der Waals surface area contributed by atoms with E-state index in [1.54, 1.807) is 12.3 Å². The highest BCUT2D eigenvalue weighted by Crippen LogP contribution is 2.13. The van der Waals surface area contributed by atoms with Crippen LogP contribution in [0.5, 0.6) is 0 Å². The fraction of sp³-hybridized carbons (Fsp3) is 0.200. The number of hydrogen-bond donors (Lipinski definition) is 3. The van der Waals surface area contributed by atoms with Gasteiger partial charge >= 0.3 is 0 Å². The van der Waals surface area contributed by atoms with E-state index < -0.39 is 0 Å². The van der Waals surface area contributed by atoms with Crippen LogP contribution in [0.3, 0.4) is 0 Å². The Morgan fingerprint density at radius 3 is 2.76 bits per heavy atom. The average Bonchev–Trinajstić information content (AvgIpc) is 3.13. The Kier molecular flexibility index (Phi) is 5.44. The van der Waals surface area contributed by atoms with Crippen LogP contribution in [0, 0.1) is 0 Å². The Bertz CT molecular complexity index is 792. The molecular formula is C15H17N9O. The Hall–Kier alpha value is -3.56. The van der Waals surface area contributed by atoms with Gasteiger partial charge in [-0.3, -0.25) is 4.79 Å². The van der Waals surface area contributed by atoms with E-state index in [0.29, 0.717) is 30.5 Å². The number of nitrogens with zero attached hydrogens (tertiary/aromatic N) is 6. The second-order valence-electron chi connectivity index (χ2n) is 5.00. The van der Waals surface area contributed by atoms with E-state index in [1.165, 1.54) is 23.7 Å². The molecule has 0 atom stereocenters. The topological polar surface area (TPSA) is 123 Å². The van der Waals surface area contributed by atoms with Crippen molar-refractivity contribution in [3.05, 3.63) is 49.4 Å². The second-order valence-corrected chi connectivity index (χ2v) is 5.00. The number of amides is 1. The Balaban J connectivity index is 1.42. The van der Waals surface area contributed by atoms with E-state index in [-0.39, 0.29) is 12.5 Å². The molecule has 128 valence electrons. The maximum atomic E-state index is 11.7. The quantitative estimate of drug-likeness (QED) is 0.505. The molecule has 3 heterocycles. The molecule has 0 saturated heterocycles. The predicted molar refractivity (Wildman–Crippen MR) is 91.1 cm³/mol. The molecule has 0 radical (unpaired) electrons. The van der Waals surface area contributed by atoms with Gasteiger partial charge < -0.3 is 16.0 Å². The van der Waals surface area contributed by atoms with Crippen molar-refractivity contribution in [1.29, 1.82) is 0 Å². The minimum Gasteiger partial charge on any atom is -0.368 e. The largest absolute Gasteiger partial charge is 0.368 e. The summed E-state index contributed by atoms with van der Waals surface area (Å²) in [5.74, 6) is 1.85. The Morgan fingerprint density at radius 2 is 1.96 bits per heavy atom. The van der Waals surface area contributed by atoms with Gasteiger partial charge in [-0.25, -0.2) is 24.6 Å². The van der Waals surface area contributed by atoms with Gasteiger partial charge in [-0.05, 0) is 12.1 Å². The van der Waals surface area contributed by atoms with Crippen molar-refractivity contribution in [2.24, 2.45) is 0 Å². The van der Waals surface area contributed by atoms with Gasteiger partial charge in [0, 0.05) is 25.4 Å².